The number of fused-ring (bicyclic) bond motifs is 1. The predicted molar refractivity (Wildman–Crippen MR) is 118 cm³/mol. The number of benzene rings is 1. The third-order valence-corrected chi connectivity index (χ3v) is 6.49. The van der Waals surface area contributed by atoms with E-state index in [1.54, 1.807) is 26.1 Å². The average Bonchev–Trinajstić information content (AvgIpc) is 3.22. The standard InChI is InChI=1S/C24H26F3N3O4/c1-13(31)29-23(24(25,26)27)20-18(10-22(2,3)11-19(20)32)30(21(23)33)8-7-14-12-28-17-6-5-15(34-4)9-16(14)17/h5-6,9,12,28H,7-8,10-11H2,1-4H3,(H,29,31). The van der Waals surface area contributed by atoms with Crippen molar-refractivity contribution in [3.8, 4) is 5.75 Å². The lowest BCUT2D eigenvalue weighted by molar-refractivity contribution is -0.194. The van der Waals surface area contributed by atoms with E-state index in [0.717, 1.165) is 28.3 Å². The fourth-order valence-electron chi connectivity index (χ4n) is 5.05. The third-order valence-electron chi connectivity index (χ3n) is 6.49. The highest BCUT2D eigenvalue weighted by Gasteiger charge is 2.71. The molecule has 10 heteroatoms. The second kappa shape index (κ2) is 7.89. The van der Waals surface area contributed by atoms with Crippen molar-refractivity contribution in [1.29, 1.82) is 0 Å². The van der Waals surface area contributed by atoms with Crippen molar-refractivity contribution in [3.63, 3.8) is 0 Å². The Morgan fingerprint density at radius 2 is 1.94 bits per heavy atom. The molecule has 34 heavy (non-hydrogen) atoms. The number of Topliss-reactive ketones (excluding diaryl/α,β-unsaturated/α-hetero) is 1. The molecule has 2 N–H and O–H groups in total. The van der Waals surface area contributed by atoms with Gasteiger partial charge in [0.05, 0.1) is 12.7 Å². The molecule has 1 unspecified atom stereocenters. The summed E-state index contributed by atoms with van der Waals surface area (Å²) in [6.45, 7) is 4.37. The molecule has 1 aliphatic carbocycles. The summed E-state index contributed by atoms with van der Waals surface area (Å²) in [6, 6.07) is 5.42. The van der Waals surface area contributed by atoms with Gasteiger partial charge < -0.3 is 19.9 Å². The molecule has 1 atom stereocenters. The van der Waals surface area contributed by atoms with Crippen LogP contribution in [0.15, 0.2) is 35.7 Å². The summed E-state index contributed by atoms with van der Waals surface area (Å²) in [7, 11) is 1.53. The highest BCUT2D eigenvalue weighted by molar-refractivity contribution is 6.13. The second-order valence-electron chi connectivity index (χ2n) is 9.62. The average molecular weight is 477 g/mol. The van der Waals surface area contributed by atoms with Crippen LogP contribution in [0.25, 0.3) is 10.9 Å². The molecule has 2 heterocycles. The Balaban J connectivity index is 1.78. The normalized spacial score (nSPS) is 22.4. The maximum absolute atomic E-state index is 14.5. The van der Waals surface area contributed by atoms with Crippen molar-refractivity contribution in [1.82, 2.24) is 15.2 Å². The number of aromatic amines is 1. The van der Waals surface area contributed by atoms with Crippen LogP contribution >= 0.6 is 0 Å². The first kappa shape index (κ1) is 23.8. The van der Waals surface area contributed by atoms with Crippen molar-refractivity contribution in [2.75, 3.05) is 13.7 Å². The number of amides is 2. The number of nitrogens with zero attached hydrogens (tertiary/aromatic N) is 1. The Morgan fingerprint density at radius 1 is 1.24 bits per heavy atom. The number of halogens is 3. The third kappa shape index (κ3) is 3.65. The maximum atomic E-state index is 14.5. The number of carbonyl (C=O) groups excluding carboxylic acids is 3. The van der Waals surface area contributed by atoms with Gasteiger partial charge in [0.25, 0.3) is 5.91 Å². The first-order valence-electron chi connectivity index (χ1n) is 10.9. The van der Waals surface area contributed by atoms with Crippen LogP contribution in [0, 0.1) is 5.41 Å². The molecular formula is C24H26F3N3O4. The molecule has 0 saturated carbocycles. The predicted octanol–water partition coefficient (Wildman–Crippen LogP) is 3.64. The van der Waals surface area contributed by atoms with Gasteiger partial charge in [-0.15, -0.1) is 0 Å². The zero-order valence-corrected chi connectivity index (χ0v) is 19.4. The molecular weight excluding hydrogens is 451 g/mol. The molecule has 0 fully saturated rings. The zero-order chi connectivity index (χ0) is 25.1. The Bertz CT molecular complexity index is 1230. The van der Waals surface area contributed by atoms with Gasteiger partial charge in [0.2, 0.25) is 11.4 Å². The number of ketones is 1. The van der Waals surface area contributed by atoms with Gasteiger partial charge in [0.1, 0.15) is 5.75 Å². The number of carbonyl (C=O) groups is 3. The van der Waals surface area contributed by atoms with Crippen LogP contribution in [0.3, 0.4) is 0 Å². The Kier molecular flexibility index (Phi) is 5.53. The van der Waals surface area contributed by atoms with Crippen LogP contribution in [-0.4, -0.2) is 52.9 Å². The van der Waals surface area contributed by atoms with Crippen LogP contribution in [0.4, 0.5) is 13.2 Å². The van der Waals surface area contributed by atoms with Crippen molar-refractivity contribution < 1.29 is 32.3 Å². The van der Waals surface area contributed by atoms with E-state index in [0.29, 0.717) is 5.75 Å². The minimum Gasteiger partial charge on any atom is -0.497 e. The Morgan fingerprint density at radius 3 is 2.56 bits per heavy atom. The van der Waals surface area contributed by atoms with Gasteiger partial charge in [-0.25, -0.2) is 0 Å². The number of alkyl halides is 3. The van der Waals surface area contributed by atoms with Gasteiger partial charge in [-0.3, -0.25) is 14.4 Å². The summed E-state index contributed by atoms with van der Waals surface area (Å²) in [6.07, 6.45) is -3.25. The van der Waals surface area contributed by atoms with Crippen LogP contribution in [0.1, 0.15) is 39.2 Å². The lowest BCUT2D eigenvalue weighted by Crippen LogP contribution is -2.66. The first-order chi connectivity index (χ1) is 15.8. The first-order valence-corrected chi connectivity index (χ1v) is 10.9. The number of hydrogen-bond donors (Lipinski definition) is 2. The van der Waals surface area contributed by atoms with Gasteiger partial charge in [0, 0.05) is 42.7 Å². The van der Waals surface area contributed by atoms with E-state index in [9.17, 15) is 27.6 Å². The molecule has 1 aliphatic heterocycles. The molecule has 1 aromatic carbocycles. The van der Waals surface area contributed by atoms with Crippen molar-refractivity contribution >= 4 is 28.5 Å². The monoisotopic (exact) mass is 477 g/mol. The molecule has 0 spiro atoms. The molecule has 182 valence electrons. The Hall–Kier alpha value is -3.30. The largest absolute Gasteiger partial charge is 0.497 e. The highest BCUT2D eigenvalue weighted by Crippen LogP contribution is 2.51. The van der Waals surface area contributed by atoms with Crippen molar-refractivity contribution in [2.45, 2.75) is 51.7 Å². The van der Waals surface area contributed by atoms with Crippen LogP contribution in [0.5, 0.6) is 5.75 Å². The Labute approximate surface area is 194 Å². The summed E-state index contributed by atoms with van der Waals surface area (Å²) in [5, 5.41) is 2.64. The number of hydrogen-bond acceptors (Lipinski definition) is 4. The molecule has 2 amide bonds. The minimum absolute atomic E-state index is 0.0368. The van der Waals surface area contributed by atoms with Gasteiger partial charge in [-0.05, 0) is 42.0 Å². The number of rotatable bonds is 5. The number of ether oxygens (including phenoxy) is 1. The number of methoxy groups -OCH3 is 1. The summed E-state index contributed by atoms with van der Waals surface area (Å²) in [5.74, 6) is -2.54. The van der Waals surface area contributed by atoms with E-state index in [1.165, 1.54) is 7.11 Å². The van der Waals surface area contributed by atoms with Crippen molar-refractivity contribution in [3.05, 3.63) is 41.2 Å². The lowest BCUT2D eigenvalue weighted by Gasteiger charge is -2.35. The summed E-state index contributed by atoms with van der Waals surface area (Å²) >= 11 is 0. The van der Waals surface area contributed by atoms with Gasteiger partial charge in [-0.2, -0.15) is 13.2 Å². The molecule has 2 aliphatic rings. The summed E-state index contributed by atoms with van der Waals surface area (Å²) < 4.78 is 48.7. The van der Waals surface area contributed by atoms with E-state index in [-0.39, 0.29) is 31.5 Å². The van der Waals surface area contributed by atoms with Gasteiger partial charge in [0.15, 0.2) is 5.78 Å². The molecule has 0 bridgehead atoms. The molecule has 0 radical (unpaired) electrons. The quantitative estimate of drug-likeness (QED) is 0.688. The van der Waals surface area contributed by atoms with Gasteiger partial charge >= 0.3 is 6.18 Å². The maximum Gasteiger partial charge on any atom is 0.425 e. The van der Waals surface area contributed by atoms with Crippen LogP contribution in [0.2, 0.25) is 0 Å². The number of aromatic nitrogens is 1. The highest BCUT2D eigenvalue weighted by atomic mass is 19.4. The SMILES string of the molecule is COc1ccc2[nH]cc(CCN3C(=O)C(NC(C)=O)(C(F)(F)F)C4=C3CC(C)(C)CC4=O)c2c1. The van der Waals surface area contributed by atoms with E-state index in [2.05, 4.69) is 4.98 Å². The summed E-state index contributed by atoms with van der Waals surface area (Å²) in [4.78, 5) is 42.4. The van der Waals surface area contributed by atoms with E-state index >= 15 is 0 Å². The zero-order valence-electron chi connectivity index (χ0n) is 19.4. The molecule has 0 saturated heterocycles. The molecule has 2 aromatic rings. The number of nitrogens with one attached hydrogen (secondary N) is 2. The van der Waals surface area contributed by atoms with E-state index < -0.39 is 40.3 Å². The molecule has 1 aromatic heterocycles. The fraction of sp³-hybridized carbons (Fsp3) is 0.458. The van der Waals surface area contributed by atoms with Crippen LogP contribution in [-0.2, 0) is 20.8 Å². The second-order valence-corrected chi connectivity index (χ2v) is 9.62. The van der Waals surface area contributed by atoms with Gasteiger partial charge in [-0.1, -0.05) is 13.8 Å². The fourth-order valence-corrected chi connectivity index (χ4v) is 5.05. The lowest BCUT2D eigenvalue weighted by atomic mass is 9.72. The molecule has 7 nitrogen and oxygen atoms in total. The smallest absolute Gasteiger partial charge is 0.425 e. The minimum atomic E-state index is -5.18. The van der Waals surface area contributed by atoms with E-state index in [4.69, 9.17) is 4.74 Å². The topological polar surface area (TPSA) is 91.5 Å². The van der Waals surface area contributed by atoms with Crippen molar-refractivity contribution in [2.24, 2.45) is 5.41 Å². The van der Waals surface area contributed by atoms with Crippen LogP contribution < -0.4 is 10.1 Å². The summed E-state index contributed by atoms with van der Waals surface area (Å²) in [5.41, 5.74) is -3.00. The molecule has 4 rings (SSSR count). The number of H-pyrrole nitrogens is 1. The number of allylic oxidation sites excluding steroid dienone is 1. The van der Waals surface area contributed by atoms with E-state index in [1.807, 2.05) is 17.4 Å².